The summed E-state index contributed by atoms with van der Waals surface area (Å²) in [5.41, 5.74) is 1.02. The number of anilines is 1. The van der Waals surface area contributed by atoms with Gasteiger partial charge in [0.2, 0.25) is 0 Å². The molecular weight excluding hydrogens is 258 g/mol. The first-order valence-corrected chi connectivity index (χ1v) is 7.78. The number of halogens is 1. The third kappa shape index (κ3) is 5.77. The molecule has 0 unspecified atom stereocenters. The number of nitrogens with zero attached hydrogens (tertiary/aromatic N) is 2. The minimum absolute atomic E-state index is 0.334. The van der Waals surface area contributed by atoms with E-state index in [0.29, 0.717) is 11.1 Å². The molecule has 0 atom stereocenters. The van der Waals surface area contributed by atoms with Crippen LogP contribution in [0.2, 0.25) is 5.15 Å². The Hall–Kier alpha value is -0.830. The fourth-order valence-electron chi connectivity index (χ4n) is 2.14. The summed E-state index contributed by atoms with van der Waals surface area (Å²) in [7, 11) is 0. The second-order valence-corrected chi connectivity index (χ2v) is 5.63. The van der Waals surface area contributed by atoms with E-state index in [2.05, 4.69) is 36.1 Å². The Bertz CT molecular complexity index is 366. The molecule has 0 amide bonds. The van der Waals surface area contributed by atoms with Crippen LogP contribution in [0.25, 0.3) is 0 Å². The monoisotopic (exact) mass is 283 g/mol. The van der Waals surface area contributed by atoms with Crippen LogP contribution in [0, 0.1) is 0 Å². The molecule has 0 radical (unpaired) electrons. The molecule has 1 aromatic rings. The van der Waals surface area contributed by atoms with Crippen molar-refractivity contribution in [3.8, 4) is 0 Å². The van der Waals surface area contributed by atoms with Crippen molar-refractivity contribution in [3.05, 3.63) is 17.0 Å². The lowest BCUT2D eigenvalue weighted by Gasteiger charge is -2.14. The van der Waals surface area contributed by atoms with Crippen molar-refractivity contribution >= 4 is 17.4 Å². The smallest absolute Gasteiger partial charge is 0.138 e. The van der Waals surface area contributed by atoms with Crippen molar-refractivity contribution in [2.24, 2.45) is 0 Å². The molecule has 0 spiro atoms. The summed E-state index contributed by atoms with van der Waals surface area (Å²) in [5, 5.41) is 3.96. The molecule has 19 heavy (non-hydrogen) atoms. The minimum Gasteiger partial charge on any atom is -0.370 e. The first kappa shape index (κ1) is 16.2. The summed E-state index contributed by atoms with van der Waals surface area (Å²) in [6, 6.07) is 0. The Kier molecular flexibility index (Phi) is 7.80. The normalized spacial score (nSPS) is 11.0. The zero-order valence-corrected chi connectivity index (χ0v) is 13.1. The summed E-state index contributed by atoms with van der Waals surface area (Å²) in [6.07, 6.45) is 9.33. The maximum absolute atomic E-state index is 6.13. The molecule has 0 saturated carbocycles. The van der Waals surface area contributed by atoms with Crippen molar-refractivity contribution in [3.63, 3.8) is 0 Å². The van der Waals surface area contributed by atoms with E-state index >= 15 is 0 Å². The number of aromatic nitrogens is 2. The Balaban J connectivity index is 2.35. The molecule has 0 bridgehead atoms. The van der Waals surface area contributed by atoms with Gasteiger partial charge in [0.1, 0.15) is 17.3 Å². The fourth-order valence-corrected chi connectivity index (χ4v) is 2.49. The van der Waals surface area contributed by atoms with Crippen LogP contribution in [0.5, 0.6) is 0 Å². The SMILES string of the molecule is CCCCCCCCNc1ncnc(Cl)c1C(C)C. The Morgan fingerprint density at radius 2 is 1.79 bits per heavy atom. The molecule has 108 valence electrons. The lowest BCUT2D eigenvalue weighted by molar-refractivity contribution is 0.616. The minimum atomic E-state index is 0.334. The van der Waals surface area contributed by atoms with Crippen molar-refractivity contribution in [1.82, 2.24) is 9.97 Å². The lowest BCUT2D eigenvalue weighted by Crippen LogP contribution is -2.08. The third-order valence-electron chi connectivity index (χ3n) is 3.24. The lowest BCUT2D eigenvalue weighted by atomic mass is 10.1. The van der Waals surface area contributed by atoms with Gasteiger partial charge >= 0.3 is 0 Å². The molecule has 1 aromatic heterocycles. The van der Waals surface area contributed by atoms with E-state index in [0.717, 1.165) is 17.9 Å². The van der Waals surface area contributed by atoms with Gasteiger partial charge in [-0.25, -0.2) is 9.97 Å². The fraction of sp³-hybridized carbons (Fsp3) is 0.733. The van der Waals surface area contributed by atoms with Crippen LogP contribution in [0.3, 0.4) is 0 Å². The second kappa shape index (κ2) is 9.13. The zero-order valence-electron chi connectivity index (χ0n) is 12.4. The van der Waals surface area contributed by atoms with E-state index in [1.165, 1.54) is 44.9 Å². The maximum atomic E-state index is 6.13. The number of hydrogen-bond donors (Lipinski definition) is 1. The molecule has 0 saturated heterocycles. The highest BCUT2D eigenvalue weighted by atomic mass is 35.5. The molecule has 0 aromatic carbocycles. The van der Waals surface area contributed by atoms with E-state index in [4.69, 9.17) is 11.6 Å². The molecule has 0 fully saturated rings. The van der Waals surface area contributed by atoms with Gasteiger partial charge in [0, 0.05) is 12.1 Å². The molecule has 1 heterocycles. The van der Waals surface area contributed by atoms with E-state index < -0.39 is 0 Å². The zero-order chi connectivity index (χ0) is 14.1. The van der Waals surface area contributed by atoms with Gasteiger partial charge in [-0.05, 0) is 12.3 Å². The van der Waals surface area contributed by atoms with Crippen molar-refractivity contribution in [2.75, 3.05) is 11.9 Å². The molecule has 1 N–H and O–H groups in total. The van der Waals surface area contributed by atoms with E-state index in [1.54, 1.807) is 0 Å². The summed E-state index contributed by atoms with van der Waals surface area (Å²) in [6.45, 7) is 7.42. The van der Waals surface area contributed by atoms with Gasteiger partial charge in [-0.15, -0.1) is 0 Å². The van der Waals surface area contributed by atoms with Crippen LogP contribution < -0.4 is 5.32 Å². The van der Waals surface area contributed by atoms with Gasteiger partial charge in [-0.3, -0.25) is 0 Å². The Labute approximate surface area is 122 Å². The Morgan fingerprint density at radius 3 is 2.47 bits per heavy atom. The summed E-state index contributed by atoms with van der Waals surface area (Å²) in [5.74, 6) is 1.23. The average Bonchev–Trinajstić information content (AvgIpc) is 2.37. The highest BCUT2D eigenvalue weighted by Crippen LogP contribution is 2.27. The van der Waals surface area contributed by atoms with Crippen LogP contribution in [0.15, 0.2) is 6.33 Å². The molecule has 0 aliphatic rings. The molecule has 4 heteroatoms. The first-order chi connectivity index (χ1) is 9.16. The number of hydrogen-bond acceptors (Lipinski definition) is 3. The van der Waals surface area contributed by atoms with Crippen LogP contribution >= 0.6 is 11.6 Å². The second-order valence-electron chi connectivity index (χ2n) is 5.28. The predicted octanol–water partition coefficient (Wildman–Crippen LogP) is 5.03. The third-order valence-corrected chi connectivity index (χ3v) is 3.54. The van der Waals surface area contributed by atoms with Crippen LogP contribution in [0.4, 0.5) is 5.82 Å². The van der Waals surface area contributed by atoms with Crippen molar-refractivity contribution in [2.45, 2.75) is 65.2 Å². The van der Waals surface area contributed by atoms with Crippen LogP contribution in [-0.2, 0) is 0 Å². The Morgan fingerprint density at radius 1 is 1.11 bits per heavy atom. The van der Waals surface area contributed by atoms with Gasteiger partial charge in [0.25, 0.3) is 0 Å². The average molecular weight is 284 g/mol. The first-order valence-electron chi connectivity index (χ1n) is 7.41. The topological polar surface area (TPSA) is 37.8 Å². The van der Waals surface area contributed by atoms with Gasteiger partial charge in [0.15, 0.2) is 0 Å². The van der Waals surface area contributed by atoms with E-state index in [1.807, 2.05) is 0 Å². The van der Waals surface area contributed by atoms with E-state index in [9.17, 15) is 0 Å². The molecular formula is C15H26ClN3. The summed E-state index contributed by atoms with van der Waals surface area (Å²) in [4.78, 5) is 8.35. The number of unbranched alkanes of at least 4 members (excludes halogenated alkanes) is 5. The predicted molar refractivity (Wildman–Crippen MR) is 83.0 cm³/mol. The number of rotatable bonds is 9. The van der Waals surface area contributed by atoms with Gasteiger partial charge in [-0.2, -0.15) is 0 Å². The molecule has 0 aliphatic carbocycles. The summed E-state index contributed by atoms with van der Waals surface area (Å²) >= 11 is 6.13. The largest absolute Gasteiger partial charge is 0.370 e. The highest BCUT2D eigenvalue weighted by Gasteiger charge is 2.12. The van der Waals surface area contributed by atoms with Crippen LogP contribution in [-0.4, -0.2) is 16.5 Å². The van der Waals surface area contributed by atoms with E-state index in [-0.39, 0.29) is 0 Å². The summed E-state index contributed by atoms with van der Waals surface area (Å²) < 4.78 is 0. The molecule has 3 nitrogen and oxygen atoms in total. The van der Waals surface area contributed by atoms with Crippen LogP contribution in [0.1, 0.15) is 70.8 Å². The number of nitrogens with one attached hydrogen (secondary N) is 1. The van der Waals surface area contributed by atoms with Gasteiger partial charge < -0.3 is 5.32 Å². The van der Waals surface area contributed by atoms with Crippen molar-refractivity contribution < 1.29 is 0 Å². The van der Waals surface area contributed by atoms with Gasteiger partial charge in [-0.1, -0.05) is 64.5 Å². The molecule has 1 rings (SSSR count). The standard InChI is InChI=1S/C15H26ClN3/c1-4-5-6-7-8-9-10-17-15-13(12(2)3)14(16)18-11-19-15/h11-12H,4-10H2,1-3H3,(H,17,18,19). The quantitative estimate of drug-likeness (QED) is 0.510. The highest BCUT2D eigenvalue weighted by molar-refractivity contribution is 6.30. The van der Waals surface area contributed by atoms with Gasteiger partial charge in [0.05, 0.1) is 0 Å². The molecule has 0 aliphatic heterocycles. The van der Waals surface area contributed by atoms with Crippen molar-refractivity contribution in [1.29, 1.82) is 0 Å². The maximum Gasteiger partial charge on any atom is 0.138 e.